The topological polar surface area (TPSA) is 84.0 Å². The molecule has 1 unspecified atom stereocenters. The number of anilines is 1. The number of hydrogen-bond acceptors (Lipinski definition) is 4. The lowest BCUT2D eigenvalue weighted by Gasteiger charge is -2.07. The van der Waals surface area contributed by atoms with Gasteiger partial charge in [0.05, 0.1) is 5.92 Å². The van der Waals surface area contributed by atoms with Crippen molar-refractivity contribution in [2.24, 2.45) is 5.92 Å². The van der Waals surface area contributed by atoms with Gasteiger partial charge in [0.1, 0.15) is 17.3 Å². The molecule has 7 heteroatoms. The molecule has 84 valence electrons. The van der Waals surface area contributed by atoms with Crippen LogP contribution in [-0.4, -0.2) is 28.3 Å². The van der Waals surface area contributed by atoms with Crippen molar-refractivity contribution in [3.8, 4) is 0 Å². The van der Waals surface area contributed by atoms with Crippen LogP contribution in [0.15, 0.2) is 12.4 Å². The number of carbonyl (C=O) groups is 2. The molecule has 2 N–H and O–H groups in total. The van der Waals surface area contributed by atoms with Crippen molar-refractivity contribution in [3.05, 3.63) is 17.5 Å². The van der Waals surface area contributed by atoms with Crippen LogP contribution in [0.3, 0.4) is 0 Å². The molecule has 1 aliphatic rings. The second-order valence-corrected chi connectivity index (χ2v) is 3.81. The molecular weight excluding hydrogens is 232 g/mol. The zero-order valence-electron chi connectivity index (χ0n) is 8.24. The quantitative estimate of drug-likeness (QED) is 0.724. The smallest absolute Gasteiger partial charge is 0.230 e. The minimum Gasteiger partial charge on any atom is -0.355 e. The van der Waals surface area contributed by atoms with E-state index in [9.17, 15) is 9.59 Å². The van der Waals surface area contributed by atoms with Gasteiger partial charge in [0.25, 0.3) is 0 Å². The molecule has 1 aromatic rings. The summed E-state index contributed by atoms with van der Waals surface area (Å²) in [6.45, 7) is 0.365. The van der Waals surface area contributed by atoms with E-state index >= 15 is 0 Å². The van der Waals surface area contributed by atoms with Gasteiger partial charge in [-0.05, 0) is 0 Å². The summed E-state index contributed by atoms with van der Waals surface area (Å²) in [5.74, 6) is -0.362. The molecule has 1 saturated heterocycles. The predicted octanol–water partition coefficient (Wildman–Crippen LogP) is 0.205. The summed E-state index contributed by atoms with van der Waals surface area (Å²) in [5.41, 5.74) is 0. The summed E-state index contributed by atoms with van der Waals surface area (Å²) in [4.78, 5) is 30.1. The Hall–Kier alpha value is -1.69. The molecule has 2 rings (SSSR count). The van der Waals surface area contributed by atoms with E-state index in [1.807, 2.05) is 0 Å². The van der Waals surface area contributed by atoms with Gasteiger partial charge in [0.2, 0.25) is 11.8 Å². The van der Waals surface area contributed by atoms with Crippen LogP contribution in [-0.2, 0) is 9.59 Å². The maximum absolute atomic E-state index is 11.7. The van der Waals surface area contributed by atoms with Crippen LogP contribution in [0, 0.1) is 5.92 Å². The Labute approximate surface area is 96.4 Å². The first kappa shape index (κ1) is 10.8. The van der Waals surface area contributed by atoms with E-state index in [4.69, 9.17) is 11.6 Å². The molecule has 2 amide bonds. The molecule has 0 aromatic carbocycles. The van der Waals surface area contributed by atoms with E-state index in [0.717, 1.165) is 0 Å². The Kier molecular flexibility index (Phi) is 3.00. The van der Waals surface area contributed by atoms with E-state index in [0.29, 0.717) is 12.4 Å². The molecule has 1 fully saturated rings. The van der Waals surface area contributed by atoms with Crippen LogP contribution < -0.4 is 10.6 Å². The van der Waals surface area contributed by atoms with E-state index in [1.54, 1.807) is 0 Å². The minimum absolute atomic E-state index is 0.110. The molecule has 0 radical (unpaired) electrons. The molecule has 1 aromatic heterocycles. The minimum atomic E-state index is -0.346. The fourth-order valence-corrected chi connectivity index (χ4v) is 1.57. The lowest BCUT2D eigenvalue weighted by molar-refractivity contribution is -0.123. The third-order valence-corrected chi connectivity index (χ3v) is 2.44. The fourth-order valence-electron chi connectivity index (χ4n) is 1.42. The first-order valence-electron chi connectivity index (χ1n) is 4.70. The number of hydrogen-bond donors (Lipinski definition) is 2. The summed E-state index contributed by atoms with van der Waals surface area (Å²) in [6, 6.07) is 1.45. The van der Waals surface area contributed by atoms with Gasteiger partial charge in [-0.3, -0.25) is 9.59 Å². The number of aromatic nitrogens is 2. The van der Waals surface area contributed by atoms with E-state index < -0.39 is 0 Å². The van der Waals surface area contributed by atoms with Gasteiger partial charge >= 0.3 is 0 Å². The van der Waals surface area contributed by atoms with Crippen molar-refractivity contribution in [1.82, 2.24) is 15.3 Å². The monoisotopic (exact) mass is 240 g/mol. The molecule has 16 heavy (non-hydrogen) atoms. The molecule has 6 nitrogen and oxygen atoms in total. The average molecular weight is 241 g/mol. The Morgan fingerprint density at radius 3 is 3.00 bits per heavy atom. The second kappa shape index (κ2) is 4.44. The Morgan fingerprint density at radius 2 is 2.38 bits per heavy atom. The third kappa shape index (κ3) is 2.46. The van der Waals surface area contributed by atoms with E-state index in [-0.39, 0.29) is 29.3 Å². The van der Waals surface area contributed by atoms with Crippen LogP contribution in [0.1, 0.15) is 6.42 Å². The van der Waals surface area contributed by atoms with Gasteiger partial charge in [-0.2, -0.15) is 0 Å². The number of halogens is 1. The average Bonchev–Trinajstić information content (AvgIpc) is 2.65. The zero-order valence-corrected chi connectivity index (χ0v) is 8.99. The van der Waals surface area contributed by atoms with Gasteiger partial charge in [-0.25, -0.2) is 9.97 Å². The summed E-state index contributed by atoms with van der Waals surface area (Å²) in [5, 5.41) is 5.42. The van der Waals surface area contributed by atoms with Gasteiger partial charge in [0, 0.05) is 19.0 Å². The summed E-state index contributed by atoms with van der Waals surface area (Å²) >= 11 is 5.64. The molecule has 0 saturated carbocycles. The molecular formula is C9H9ClN4O2. The lowest BCUT2D eigenvalue weighted by Crippen LogP contribution is -2.25. The molecule has 0 bridgehead atoms. The van der Waals surface area contributed by atoms with Crippen LogP contribution in [0.2, 0.25) is 5.15 Å². The van der Waals surface area contributed by atoms with Crippen LogP contribution in [0.25, 0.3) is 0 Å². The van der Waals surface area contributed by atoms with Crippen molar-refractivity contribution < 1.29 is 9.59 Å². The number of nitrogens with zero attached hydrogens (tertiary/aromatic N) is 2. The standard InChI is InChI=1S/C9H9ClN4O2/c10-6-2-7(13-4-12-6)14-9(16)5-1-8(15)11-3-5/h2,4-5H,1,3H2,(H,11,15)(H,12,13,14,16). The highest BCUT2D eigenvalue weighted by atomic mass is 35.5. The van der Waals surface area contributed by atoms with Crippen molar-refractivity contribution in [3.63, 3.8) is 0 Å². The van der Waals surface area contributed by atoms with Crippen LogP contribution in [0.5, 0.6) is 0 Å². The van der Waals surface area contributed by atoms with Crippen LogP contribution in [0.4, 0.5) is 5.82 Å². The van der Waals surface area contributed by atoms with Gasteiger partial charge in [-0.1, -0.05) is 11.6 Å². The molecule has 0 spiro atoms. The highest BCUT2D eigenvalue weighted by molar-refractivity contribution is 6.29. The number of carbonyl (C=O) groups excluding carboxylic acids is 2. The van der Waals surface area contributed by atoms with Gasteiger partial charge in [-0.15, -0.1) is 0 Å². The zero-order chi connectivity index (χ0) is 11.5. The van der Waals surface area contributed by atoms with Crippen molar-refractivity contribution in [1.29, 1.82) is 0 Å². The van der Waals surface area contributed by atoms with Crippen LogP contribution >= 0.6 is 11.6 Å². The maximum Gasteiger partial charge on any atom is 0.230 e. The normalized spacial score (nSPS) is 19.3. The Morgan fingerprint density at radius 1 is 1.56 bits per heavy atom. The molecule has 2 heterocycles. The number of rotatable bonds is 2. The van der Waals surface area contributed by atoms with Crippen molar-refractivity contribution in [2.45, 2.75) is 6.42 Å². The Balaban J connectivity index is 1.99. The molecule has 1 aliphatic heterocycles. The molecule has 0 aliphatic carbocycles. The number of nitrogens with one attached hydrogen (secondary N) is 2. The third-order valence-electron chi connectivity index (χ3n) is 2.23. The first-order chi connectivity index (χ1) is 7.65. The lowest BCUT2D eigenvalue weighted by atomic mass is 10.1. The molecule has 1 atom stereocenters. The SMILES string of the molecule is O=C1CC(C(=O)Nc2cc(Cl)ncn2)CN1. The van der Waals surface area contributed by atoms with Gasteiger partial charge in [0.15, 0.2) is 0 Å². The Bertz CT molecular complexity index is 437. The summed E-state index contributed by atoms with van der Waals surface area (Å²) in [7, 11) is 0. The second-order valence-electron chi connectivity index (χ2n) is 3.42. The van der Waals surface area contributed by atoms with Crippen molar-refractivity contribution in [2.75, 3.05) is 11.9 Å². The van der Waals surface area contributed by atoms with Gasteiger partial charge < -0.3 is 10.6 Å². The van der Waals surface area contributed by atoms with Crippen molar-refractivity contribution >= 4 is 29.2 Å². The largest absolute Gasteiger partial charge is 0.355 e. The fraction of sp³-hybridized carbons (Fsp3) is 0.333. The highest BCUT2D eigenvalue weighted by Crippen LogP contribution is 2.13. The highest BCUT2D eigenvalue weighted by Gasteiger charge is 2.28. The summed E-state index contributed by atoms with van der Waals surface area (Å²) in [6.07, 6.45) is 1.47. The first-order valence-corrected chi connectivity index (χ1v) is 5.08. The van der Waals surface area contributed by atoms with E-state index in [2.05, 4.69) is 20.6 Å². The maximum atomic E-state index is 11.7. The number of amides is 2. The van der Waals surface area contributed by atoms with E-state index in [1.165, 1.54) is 12.4 Å². The predicted molar refractivity (Wildman–Crippen MR) is 56.8 cm³/mol. The summed E-state index contributed by atoms with van der Waals surface area (Å²) < 4.78 is 0.